The Morgan fingerprint density at radius 3 is 2.81 bits per heavy atom. The third-order valence-electron chi connectivity index (χ3n) is 2.82. The van der Waals surface area contributed by atoms with Gasteiger partial charge in [-0.2, -0.15) is 0 Å². The minimum Gasteiger partial charge on any atom is -0.394 e. The van der Waals surface area contributed by atoms with Crippen LogP contribution < -0.4 is 0 Å². The first-order valence-electron chi connectivity index (χ1n) is 5.90. The Bertz CT molecular complexity index is 187. The number of hydrogen-bond acceptors (Lipinski definition) is 5. The van der Waals surface area contributed by atoms with Crippen molar-refractivity contribution in [2.24, 2.45) is 0 Å². The predicted octanol–water partition coefficient (Wildman–Crippen LogP) is -0.325. The topological polar surface area (TPSA) is 79.2 Å². The Morgan fingerprint density at radius 1 is 1.44 bits per heavy atom. The first-order valence-corrected chi connectivity index (χ1v) is 5.90. The van der Waals surface area contributed by atoms with E-state index in [2.05, 4.69) is 6.92 Å². The monoisotopic (exact) mass is 234 g/mol. The molecular weight excluding hydrogens is 212 g/mol. The second-order valence-corrected chi connectivity index (χ2v) is 4.15. The van der Waals surface area contributed by atoms with Gasteiger partial charge in [-0.1, -0.05) is 19.8 Å². The van der Waals surface area contributed by atoms with Crippen molar-refractivity contribution in [3.63, 3.8) is 0 Å². The van der Waals surface area contributed by atoms with E-state index in [0.717, 1.165) is 19.3 Å². The molecule has 0 bridgehead atoms. The van der Waals surface area contributed by atoms with Gasteiger partial charge in [0.1, 0.15) is 24.4 Å². The van der Waals surface area contributed by atoms with Gasteiger partial charge >= 0.3 is 0 Å². The molecule has 0 aromatic rings. The maximum absolute atomic E-state index is 9.79. The summed E-state index contributed by atoms with van der Waals surface area (Å²) >= 11 is 0. The molecule has 1 rings (SSSR count). The van der Waals surface area contributed by atoms with Crippen LogP contribution >= 0.6 is 0 Å². The fourth-order valence-electron chi connectivity index (χ4n) is 1.79. The van der Waals surface area contributed by atoms with Crippen molar-refractivity contribution in [3.05, 3.63) is 0 Å². The molecule has 1 aliphatic heterocycles. The van der Waals surface area contributed by atoms with Crippen LogP contribution in [-0.4, -0.2) is 59.6 Å². The first kappa shape index (κ1) is 13.9. The lowest BCUT2D eigenvalue weighted by Gasteiger charge is -2.20. The smallest absolute Gasteiger partial charge is 0.114 e. The van der Waals surface area contributed by atoms with Crippen molar-refractivity contribution in [1.82, 2.24) is 0 Å². The molecule has 4 atom stereocenters. The van der Waals surface area contributed by atoms with E-state index < -0.39 is 24.9 Å². The highest BCUT2D eigenvalue weighted by molar-refractivity contribution is 4.88. The van der Waals surface area contributed by atoms with Crippen molar-refractivity contribution < 1.29 is 24.8 Å². The molecule has 1 aliphatic rings. The molecule has 0 saturated carbocycles. The molecule has 1 heterocycles. The largest absolute Gasteiger partial charge is 0.394 e. The van der Waals surface area contributed by atoms with Crippen LogP contribution in [-0.2, 0) is 9.47 Å². The predicted molar refractivity (Wildman–Crippen MR) is 58.1 cm³/mol. The molecule has 16 heavy (non-hydrogen) atoms. The molecule has 5 nitrogen and oxygen atoms in total. The van der Waals surface area contributed by atoms with Crippen LogP contribution in [0.1, 0.15) is 26.2 Å². The Hall–Kier alpha value is -0.200. The molecule has 1 saturated heterocycles. The fourth-order valence-corrected chi connectivity index (χ4v) is 1.79. The molecule has 0 amide bonds. The third-order valence-corrected chi connectivity index (χ3v) is 2.82. The van der Waals surface area contributed by atoms with Crippen molar-refractivity contribution in [2.45, 2.75) is 50.6 Å². The van der Waals surface area contributed by atoms with E-state index in [9.17, 15) is 10.2 Å². The molecule has 0 unspecified atom stereocenters. The van der Waals surface area contributed by atoms with E-state index in [4.69, 9.17) is 14.6 Å². The average Bonchev–Trinajstić information content (AvgIpc) is 2.65. The molecule has 0 aliphatic carbocycles. The molecular formula is C11H22O5. The minimum atomic E-state index is -1.04. The molecule has 3 N–H and O–H groups in total. The summed E-state index contributed by atoms with van der Waals surface area (Å²) < 4.78 is 10.7. The van der Waals surface area contributed by atoms with Gasteiger partial charge in [0.2, 0.25) is 0 Å². The van der Waals surface area contributed by atoms with E-state index in [1.807, 2.05) is 0 Å². The summed E-state index contributed by atoms with van der Waals surface area (Å²) in [6, 6.07) is 0. The molecule has 0 aromatic heterocycles. The SMILES string of the molecule is CCCCCO[C@H]1CO[C@H]([C@H](O)CO)[C@@H]1O. The summed E-state index contributed by atoms with van der Waals surface area (Å²) in [4.78, 5) is 0. The normalized spacial score (nSPS) is 31.9. The quantitative estimate of drug-likeness (QED) is 0.526. The summed E-state index contributed by atoms with van der Waals surface area (Å²) in [7, 11) is 0. The highest BCUT2D eigenvalue weighted by atomic mass is 16.6. The van der Waals surface area contributed by atoms with E-state index in [1.165, 1.54) is 0 Å². The zero-order valence-electron chi connectivity index (χ0n) is 9.71. The Balaban J connectivity index is 2.25. The van der Waals surface area contributed by atoms with Crippen LogP contribution in [0.15, 0.2) is 0 Å². The number of aliphatic hydroxyl groups excluding tert-OH is 3. The lowest BCUT2D eigenvalue weighted by molar-refractivity contribution is -0.0730. The van der Waals surface area contributed by atoms with Gasteiger partial charge in [0.15, 0.2) is 0 Å². The van der Waals surface area contributed by atoms with Crippen LogP contribution in [0.2, 0.25) is 0 Å². The van der Waals surface area contributed by atoms with Crippen molar-refractivity contribution in [2.75, 3.05) is 19.8 Å². The minimum absolute atomic E-state index is 0.273. The van der Waals surface area contributed by atoms with Gasteiger partial charge in [0.25, 0.3) is 0 Å². The molecule has 0 radical (unpaired) electrons. The molecule has 0 spiro atoms. The van der Waals surface area contributed by atoms with Crippen LogP contribution in [0.5, 0.6) is 0 Å². The van der Waals surface area contributed by atoms with Crippen molar-refractivity contribution in [1.29, 1.82) is 0 Å². The van der Waals surface area contributed by atoms with Crippen LogP contribution in [0, 0.1) is 0 Å². The lowest BCUT2D eigenvalue weighted by Crippen LogP contribution is -2.41. The second-order valence-electron chi connectivity index (χ2n) is 4.15. The maximum atomic E-state index is 9.79. The summed E-state index contributed by atoms with van der Waals surface area (Å²) in [5.41, 5.74) is 0. The zero-order valence-corrected chi connectivity index (χ0v) is 9.71. The van der Waals surface area contributed by atoms with Gasteiger partial charge in [-0.05, 0) is 6.42 Å². The van der Waals surface area contributed by atoms with Gasteiger partial charge in [-0.3, -0.25) is 0 Å². The van der Waals surface area contributed by atoms with Gasteiger partial charge < -0.3 is 24.8 Å². The van der Waals surface area contributed by atoms with E-state index >= 15 is 0 Å². The van der Waals surface area contributed by atoms with Crippen LogP contribution in [0.25, 0.3) is 0 Å². The van der Waals surface area contributed by atoms with E-state index in [0.29, 0.717) is 6.61 Å². The van der Waals surface area contributed by atoms with E-state index in [-0.39, 0.29) is 12.7 Å². The summed E-state index contributed by atoms with van der Waals surface area (Å²) in [5, 5.41) is 27.9. The van der Waals surface area contributed by atoms with Crippen molar-refractivity contribution >= 4 is 0 Å². The number of unbranched alkanes of at least 4 members (excludes halogenated alkanes) is 2. The highest BCUT2D eigenvalue weighted by Crippen LogP contribution is 2.20. The third kappa shape index (κ3) is 3.68. The Morgan fingerprint density at radius 2 is 2.19 bits per heavy atom. The number of rotatable bonds is 7. The summed E-state index contributed by atoms with van der Waals surface area (Å²) in [6.07, 6.45) is 0.172. The zero-order chi connectivity index (χ0) is 12.0. The van der Waals surface area contributed by atoms with E-state index in [1.54, 1.807) is 0 Å². The molecule has 5 heteroatoms. The van der Waals surface area contributed by atoms with Crippen molar-refractivity contribution in [3.8, 4) is 0 Å². The summed E-state index contributed by atoms with van der Waals surface area (Å²) in [6.45, 7) is 2.57. The molecule has 0 aromatic carbocycles. The van der Waals surface area contributed by atoms with Crippen LogP contribution in [0.3, 0.4) is 0 Å². The van der Waals surface area contributed by atoms with Gasteiger partial charge in [0.05, 0.1) is 13.2 Å². The lowest BCUT2D eigenvalue weighted by atomic mass is 10.1. The average molecular weight is 234 g/mol. The molecule has 1 fully saturated rings. The standard InChI is InChI=1S/C11H22O5/c1-2-3-4-5-15-9-7-16-11(10(9)14)8(13)6-12/h8-14H,2-7H2,1H3/t8-,9+,10-,11-/m1/s1. The van der Waals surface area contributed by atoms with Crippen LogP contribution in [0.4, 0.5) is 0 Å². The first-order chi connectivity index (χ1) is 7.70. The number of ether oxygens (including phenoxy) is 2. The van der Waals surface area contributed by atoms with Gasteiger partial charge in [-0.25, -0.2) is 0 Å². The Kier molecular flexibility index (Phi) is 6.23. The number of hydrogen-bond donors (Lipinski definition) is 3. The second kappa shape index (κ2) is 7.19. The summed E-state index contributed by atoms with van der Waals surface area (Å²) in [5.74, 6) is 0. The number of aliphatic hydroxyl groups is 3. The van der Waals surface area contributed by atoms with Gasteiger partial charge in [-0.15, -0.1) is 0 Å². The maximum Gasteiger partial charge on any atom is 0.114 e. The highest BCUT2D eigenvalue weighted by Gasteiger charge is 2.40. The van der Waals surface area contributed by atoms with Gasteiger partial charge in [0, 0.05) is 6.61 Å². The molecule has 96 valence electrons. The Labute approximate surface area is 96.0 Å². The fraction of sp³-hybridized carbons (Fsp3) is 1.00.